The van der Waals surface area contributed by atoms with Crippen LogP contribution in [0, 0.1) is 0 Å². The minimum Gasteiger partial charge on any atom is -0.493 e. The Bertz CT molecular complexity index is 1520. The highest BCUT2D eigenvalue weighted by atomic mass is 32.1. The molecule has 2 heterocycles. The molecule has 37 heavy (non-hydrogen) atoms. The van der Waals surface area contributed by atoms with Gasteiger partial charge in [0.25, 0.3) is 5.56 Å². The minimum absolute atomic E-state index is 0.201. The molecule has 9 heteroatoms. The van der Waals surface area contributed by atoms with E-state index in [1.807, 2.05) is 68.4 Å². The number of nitrogens with zero attached hydrogens (tertiary/aromatic N) is 3. The predicted molar refractivity (Wildman–Crippen MR) is 145 cm³/mol. The summed E-state index contributed by atoms with van der Waals surface area (Å²) >= 11 is 1.29. The molecular formula is C28H31N3O5S. The largest absolute Gasteiger partial charge is 0.493 e. The molecule has 1 aromatic heterocycles. The molecule has 0 saturated heterocycles. The Balaban J connectivity index is 1.97. The smallest absolute Gasteiger partial charge is 0.338 e. The highest BCUT2D eigenvalue weighted by Crippen LogP contribution is 2.40. The molecule has 8 nitrogen and oxygen atoms in total. The van der Waals surface area contributed by atoms with Crippen molar-refractivity contribution in [1.29, 1.82) is 0 Å². The lowest BCUT2D eigenvalue weighted by atomic mass is 9.94. The number of ether oxygens (including phenoxy) is 3. The van der Waals surface area contributed by atoms with Gasteiger partial charge in [0.15, 0.2) is 16.3 Å². The van der Waals surface area contributed by atoms with Crippen LogP contribution in [0.25, 0.3) is 6.08 Å². The van der Waals surface area contributed by atoms with Crippen molar-refractivity contribution in [3.8, 4) is 11.5 Å². The number of fused-ring (bicyclic) bond motifs is 1. The van der Waals surface area contributed by atoms with Gasteiger partial charge in [-0.05, 0) is 50.6 Å². The lowest BCUT2D eigenvalue weighted by Gasteiger charge is -2.26. The van der Waals surface area contributed by atoms with Crippen molar-refractivity contribution in [3.63, 3.8) is 0 Å². The van der Waals surface area contributed by atoms with Crippen LogP contribution in [0.1, 0.15) is 37.9 Å². The van der Waals surface area contributed by atoms with Gasteiger partial charge in [0.05, 0.1) is 36.1 Å². The maximum Gasteiger partial charge on any atom is 0.338 e. The molecule has 3 aromatic rings. The third-order valence-corrected chi connectivity index (χ3v) is 7.02. The van der Waals surface area contributed by atoms with Crippen LogP contribution in [0.5, 0.6) is 11.5 Å². The summed E-state index contributed by atoms with van der Waals surface area (Å²) in [5.74, 6) is 0.468. The summed E-state index contributed by atoms with van der Waals surface area (Å²) in [5.41, 5.74) is 3.13. The van der Waals surface area contributed by atoms with Crippen LogP contribution in [-0.4, -0.2) is 45.0 Å². The molecule has 0 amide bonds. The number of carbonyl (C=O) groups excluding carboxylic acids is 1. The van der Waals surface area contributed by atoms with Crippen LogP contribution in [-0.2, 0) is 9.53 Å². The van der Waals surface area contributed by atoms with Gasteiger partial charge in [0.1, 0.15) is 6.04 Å². The molecule has 1 atom stereocenters. The first-order valence-electron chi connectivity index (χ1n) is 12.1. The molecule has 0 radical (unpaired) electrons. The van der Waals surface area contributed by atoms with Crippen LogP contribution in [0.15, 0.2) is 63.5 Å². The van der Waals surface area contributed by atoms with E-state index in [-0.39, 0.29) is 12.2 Å². The Kier molecular flexibility index (Phi) is 7.83. The van der Waals surface area contributed by atoms with Gasteiger partial charge in [-0.2, -0.15) is 0 Å². The third kappa shape index (κ3) is 5.04. The molecule has 4 rings (SSSR count). The normalized spacial score (nSPS) is 15.2. The molecule has 1 aliphatic rings. The summed E-state index contributed by atoms with van der Waals surface area (Å²) in [6, 6.07) is 12.6. The molecule has 2 aromatic carbocycles. The van der Waals surface area contributed by atoms with Crippen LogP contribution < -0.4 is 29.3 Å². The van der Waals surface area contributed by atoms with Gasteiger partial charge in [0.2, 0.25) is 0 Å². The number of anilines is 1. The SMILES string of the molecule is CCOC(=O)C1=C(C)N=c2sc(=Cc3ccc(N(C)C)cc3)c(=O)n2[C@H]1c1cccc(OC)c1OCC. The Labute approximate surface area is 219 Å². The number of hydrogen-bond donors (Lipinski definition) is 0. The summed E-state index contributed by atoms with van der Waals surface area (Å²) in [6.07, 6.45) is 1.85. The summed E-state index contributed by atoms with van der Waals surface area (Å²) in [7, 11) is 5.51. The Morgan fingerprint density at radius 3 is 2.49 bits per heavy atom. The average molecular weight is 522 g/mol. The van der Waals surface area contributed by atoms with E-state index >= 15 is 0 Å². The van der Waals surface area contributed by atoms with Crippen LogP contribution in [0.4, 0.5) is 5.69 Å². The van der Waals surface area contributed by atoms with Gasteiger partial charge >= 0.3 is 5.97 Å². The number of hydrogen-bond acceptors (Lipinski definition) is 8. The van der Waals surface area contributed by atoms with Crippen molar-refractivity contribution in [1.82, 2.24) is 4.57 Å². The average Bonchev–Trinajstić information content (AvgIpc) is 3.18. The first kappa shape index (κ1) is 26.2. The topological polar surface area (TPSA) is 82.4 Å². The van der Waals surface area contributed by atoms with Crippen LogP contribution in [0.2, 0.25) is 0 Å². The number of para-hydroxylation sites is 1. The minimum atomic E-state index is -0.787. The fraction of sp³-hybridized carbons (Fsp3) is 0.321. The fourth-order valence-corrected chi connectivity index (χ4v) is 5.36. The number of aromatic nitrogens is 1. The van der Waals surface area contributed by atoms with E-state index in [4.69, 9.17) is 14.2 Å². The van der Waals surface area contributed by atoms with Crippen LogP contribution >= 0.6 is 11.3 Å². The van der Waals surface area contributed by atoms with E-state index in [0.29, 0.717) is 44.3 Å². The molecular weight excluding hydrogens is 490 g/mol. The van der Waals surface area contributed by atoms with Crippen molar-refractivity contribution in [3.05, 3.63) is 84.5 Å². The highest BCUT2D eigenvalue weighted by molar-refractivity contribution is 7.07. The molecule has 0 N–H and O–H groups in total. The van der Waals surface area contributed by atoms with E-state index in [9.17, 15) is 9.59 Å². The second-order valence-corrected chi connectivity index (χ2v) is 9.61. The van der Waals surface area contributed by atoms with E-state index < -0.39 is 12.0 Å². The van der Waals surface area contributed by atoms with Gasteiger partial charge in [-0.25, -0.2) is 9.79 Å². The van der Waals surface area contributed by atoms with Crippen molar-refractivity contribution in [2.75, 3.05) is 39.3 Å². The number of benzene rings is 2. The lowest BCUT2D eigenvalue weighted by Crippen LogP contribution is -2.40. The van der Waals surface area contributed by atoms with Crippen molar-refractivity contribution < 1.29 is 19.0 Å². The molecule has 1 aliphatic heterocycles. The standard InChI is InChI=1S/C28H31N3O5S/c1-7-35-25-20(10-9-11-21(25)34-6)24-23(27(33)36-8-2)17(3)29-28-31(24)26(32)22(37-28)16-18-12-14-19(15-13-18)30(4)5/h9-16,24H,7-8H2,1-6H3/t24-/m0/s1. The quantitative estimate of drug-likeness (QED) is 0.423. The van der Waals surface area contributed by atoms with Gasteiger partial charge < -0.3 is 19.1 Å². The zero-order valence-corrected chi connectivity index (χ0v) is 22.7. The maximum absolute atomic E-state index is 13.9. The zero-order chi connectivity index (χ0) is 26.7. The molecule has 0 unspecified atom stereocenters. The van der Waals surface area contributed by atoms with Gasteiger partial charge in [-0.1, -0.05) is 35.6 Å². The number of rotatable bonds is 8. The van der Waals surface area contributed by atoms with Crippen LogP contribution in [0.3, 0.4) is 0 Å². The van der Waals surface area contributed by atoms with Gasteiger partial charge in [0, 0.05) is 25.3 Å². The monoisotopic (exact) mass is 521 g/mol. The van der Waals surface area contributed by atoms with E-state index in [1.54, 1.807) is 31.6 Å². The molecule has 0 spiro atoms. The van der Waals surface area contributed by atoms with E-state index in [0.717, 1.165) is 11.3 Å². The number of methoxy groups -OCH3 is 1. The Morgan fingerprint density at radius 2 is 1.86 bits per heavy atom. The van der Waals surface area contributed by atoms with Crippen molar-refractivity contribution >= 4 is 29.1 Å². The summed E-state index contributed by atoms with van der Waals surface area (Å²) in [6.45, 7) is 5.96. The number of allylic oxidation sites excluding steroid dienone is 1. The molecule has 0 fully saturated rings. The van der Waals surface area contributed by atoms with Gasteiger partial charge in [-0.3, -0.25) is 9.36 Å². The summed E-state index contributed by atoms with van der Waals surface area (Å²) in [5, 5.41) is 0. The summed E-state index contributed by atoms with van der Waals surface area (Å²) in [4.78, 5) is 34.2. The first-order chi connectivity index (χ1) is 17.8. The second kappa shape index (κ2) is 11.0. The summed E-state index contributed by atoms with van der Waals surface area (Å²) < 4.78 is 19.0. The lowest BCUT2D eigenvalue weighted by molar-refractivity contribution is -0.139. The first-order valence-corrected chi connectivity index (χ1v) is 12.9. The Morgan fingerprint density at radius 1 is 1.14 bits per heavy atom. The number of esters is 1. The molecule has 0 aliphatic carbocycles. The van der Waals surface area contributed by atoms with E-state index in [2.05, 4.69) is 4.99 Å². The predicted octanol–water partition coefficient (Wildman–Crippen LogP) is 3.27. The zero-order valence-electron chi connectivity index (χ0n) is 21.9. The third-order valence-electron chi connectivity index (χ3n) is 6.04. The number of thiazole rings is 1. The van der Waals surface area contributed by atoms with Gasteiger partial charge in [-0.15, -0.1) is 0 Å². The Hall–Kier alpha value is -3.85. The fourth-order valence-electron chi connectivity index (χ4n) is 4.31. The van der Waals surface area contributed by atoms with Crippen molar-refractivity contribution in [2.45, 2.75) is 26.8 Å². The maximum atomic E-state index is 13.9. The molecule has 0 saturated carbocycles. The molecule has 0 bridgehead atoms. The highest BCUT2D eigenvalue weighted by Gasteiger charge is 2.35. The van der Waals surface area contributed by atoms with E-state index in [1.165, 1.54) is 11.3 Å². The second-order valence-electron chi connectivity index (χ2n) is 8.60. The number of carbonyl (C=O) groups is 1. The molecule has 194 valence electrons. The van der Waals surface area contributed by atoms with Crippen molar-refractivity contribution in [2.24, 2.45) is 4.99 Å².